The van der Waals surface area contributed by atoms with Crippen molar-refractivity contribution in [1.82, 2.24) is 0 Å². The van der Waals surface area contributed by atoms with Crippen LogP contribution in [-0.2, 0) is 9.53 Å². The predicted octanol–water partition coefficient (Wildman–Crippen LogP) is 3.18. The molecule has 0 amide bonds. The highest BCUT2D eigenvalue weighted by atomic mass is 19.4. The third kappa shape index (κ3) is 1.80. The normalized spacial score (nSPS) is 38.9. The first-order chi connectivity index (χ1) is 8.85. The summed E-state index contributed by atoms with van der Waals surface area (Å²) in [6.07, 6.45) is -3.18. The zero-order valence-electron chi connectivity index (χ0n) is 11.8. The van der Waals surface area contributed by atoms with Crippen molar-refractivity contribution in [1.29, 1.82) is 0 Å². The summed E-state index contributed by atoms with van der Waals surface area (Å²) < 4.78 is 42.2. The lowest BCUT2D eigenvalue weighted by Gasteiger charge is -2.43. The van der Waals surface area contributed by atoms with E-state index in [1.165, 1.54) is 0 Å². The molecule has 2 bridgehead atoms. The van der Waals surface area contributed by atoms with E-state index in [0.29, 0.717) is 6.42 Å². The first-order valence-corrected chi connectivity index (χ1v) is 6.57. The molecule has 0 saturated heterocycles. The number of hydrogen-bond acceptors (Lipinski definition) is 3. The van der Waals surface area contributed by atoms with Crippen LogP contribution in [0.5, 0.6) is 0 Å². The van der Waals surface area contributed by atoms with Crippen LogP contribution in [0, 0.1) is 16.7 Å². The first kappa shape index (κ1) is 15.4. The minimum absolute atomic E-state index is 0.129. The Morgan fingerprint density at radius 3 is 2.25 bits per heavy atom. The molecule has 0 spiro atoms. The minimum atomic E-state index is -4.85. The van der Waals surface area contributed by atoms with E-state index in [1.807, 2.05) is 13.8 Å². The Hall–Kier alpha value is -1.04. The van der Waals surface area contributed by atoms with Crippen molar-refractivity contribution in [3.8, 4) is 0 Å². The summed E-state index contributed by atoms with van der Waals surface area (Å²) in [5.74, 6) is -3.32. The zero-order valence-corrected chi connectivity index (χ0v) is 11.8. The second-order valence-electron chi connectivity index (χ2n) is 6.64. The molecule has 0 unspecified atom stereocenters. The Bertz CT molecular complexity index is 469. The van der Waals surface area contributed by atoms with E-state index < -0.39 is 28.9 Å². The van der Waals surface area contributed by atoms with Gasteiger partial charge in [-0.1, -0.05) is 27.4 Å². The van der Waals surface area contributed by atoms with Gasteiger partial charge in [0.2, 0.25) is 5.79 Å². The van der Waals surface area contributed by atoms with Crippen molar-refractivity contribution in [3.05, 3.63) is 12.2 Å². The van der Waals surface area contributed by atoms with Crippen LogP contribution in [0.2, 0.25) is 0 Å². The van der Waals surface area contributed by atoms with Crippen LogP contribution in [-0.4, -0.2) is 23.0 Å². The standard InChI is InChI=1S/C14H19F3O3/c1-8(14(15,16)17)10(18)20-13(19)7-9-5-6-12(13,4)11(9,2)3/h9,19H,1,5-7H2,2-4H3/t9-,12-,13-/m1/s1. The quantitative estimate of drug-likeness (QED) is 0.483. The molecule has 2 aliphatic carbocycles. The minimum Gasteiger partial charge on any atom is -0.429 e. The van der Waals surface area contributed by atoms with Gasteiger partial charge in [0, 0.05) is 11.8 Å². The van der Waals surface area contributed by atoms with E-state index in [9.17, 15) is 23.1 Å². The fourth-order valence-corrected chi connectivity index (χ4v) is 3.70. The molecule has 0 aromatic rings. The number of rotatable bonds is 2. The third-order valence-electron chi connectivity index (χ3n) is 5.67. The SMILES string of the molecule is C=C(C(=O)O[C@]1(O)C[C@H]2CC[C@]1(C)C2(C)C)C(F)(F)F. The van der Waals surface area contributed by atoms with Crippen molar-refractivity contribution in [2.24, 2.45) is 16.7 Å². The summed E-state index contributed by atoms with van der Waals surface area (Å²) in [6.45, 7) is 8.38. The molecule has 0 radical (unpaired) electrons. The highest BCUT2D eigenvalue weighted by molar-refractivity contribution is 5.89. The maximum Gasteiger partial charge on any atom is 0.422 e. The van der Waals surface area contributed by atoms with E-state index in [0.717, 1.165) is 6.42 Å². The van der Waals surface area contributed by atoms with Gasteiger partial charge in [0.25, 0.3) is 0 Å². The van der Waals surface area contributed by atoms with Gasteiger partial charge in [-0.2, -0.15) is 13.2 Å². The lowest BCUT2D eigenvalue weighted by Crippen LogP contribution is -2.50. The van der Waals surface area contributed by atoms with Gasteiger partial charge in [0.05, 0.1) is 0 Å². The van der Waals surface area contributed by atoms with E-state index in [2.05, 4.69) is 6.58 Å². The molecule has 0 aromatic heterocycles. The van der Waals surface area contributed by atoms with Gasteiger partial charge < -0.3 is 9.84 Å². The molecule has 2 rings (SSSR count). The summed E-state index contributed by atoms with van der Waals surface area (Å²) in [5.41, 5.74) is -2.62. The Labute approximate surface area is 115 Å². The molecule has 114 valence electrons. The number of fused-ring (bicyclic) bond motifs is 2. The number of halogens is 3. The second kappa shape index (κ2) is 4.00. The maximum atomic E-state index is 12.5. The molecule has 20 heavy (non-hydrogen) atoms. The highest BCUT2D eigenvalue weighted by Gasteiger charge is 2.71. The Kier molecular flexibility index (Phi) is 3.07. The smallest absolute Gasteiger partial charge is 0.422 e. The summed E-state index contributed by atoms with van der Waals surface area (Å²) in [7, 11) is 0. The van der Waals surface area contributed by atoms with Crippen molar-refractivity contribution in [3.63, 3.8) is 0 Å². The average molecular weight is 292 g/mol. The molecule has 0 aromatic carbocycles. The number of esters is 1. The number of alkyl halides is 3. The fourth-order valence-electron chi connectivity index (χ4n) is 3.70. The van der Waals surface area contributed by atoms with Gasteiger partial charge in [-0.05, 0) is 24.2 Å². The van der Waals surface area contributed by atoms with E-state index in [-0.39, 0.29) is 17.8 Å². The van der Waals surface area contributed by atoms with Crippen molar-refractivity contribution in [2.45, 2.75) is 52.0 Å². The van der Waals surface area contributed by atoms with Crippen molar-refractivity contribution in [2.75, 3.05) is 0 Å². The van der Waals surface area contributed by atoms with Crippen LogP contribution in [0.4, 0.5) is 13.2 Å². The van der Waals surface area contributed by atoms with Gasteiger partial charge >= 0.3 is 12.1 Å². The number of ether oxygens (including phenoxy) is 1. The summed E-state index contributed by atoms with van der Waals surface area (Å²) >= 11 is 0. The first-order valence-electron chi connectivity index (χ1n) is 6.57. The lowest BCUT2D eigenvalue weighted by molar-refractivity contribution is -0.260. The largest absolute Gasteiger partial charge is 0.429 e. The van der Waals surface area contributed by atoms with E-state index >= 15 is 0 Å². The lowest BCUT2D eigenvalue weighted by atomic mass is 9.68. The topological polar surface area (TPSA) is 46.5 Å². The summed E-state index contributed by atoms with van der Waals surface area (Å²) in [5, 5.41) is 10.6. The third-order valence-corrected chi connectivity index (χ3v) is 5.67. The molecule has 0 heterocycles. The molecule has 3 atom stereocenters. The molecule has 2 saturated carbocycles. The van der Waals surface area contributed by atoms with Crippen molar-refractivity contribution >= 4 is 5.97 Å². The average Bonchev–Trinajstić information content (AvgIpc) is 2.58. The summed E-state index contributed by atoms with van der Waals surface area (Å²) in [4.78, 5) is 11.6. The predicted molar refractivity (Wildman–Crippen MR) is 65.5 cm³/mol. The number of hydrogen-bond donors (Lipinski definition) is 1. The van der Waals surface area contributed by atoms with Crippen LogP contribution < -0.4 is 0 Å². The Morgan fingerprint density at radius 1 is 1.35 bits per heavy atom. The monoisotopic (exact) mass is 292 g/mol. The van der Waals surface area contributed by atoms with Crippen LogP contribution in [0.3, 0.4) is 0 Å². The van der Waals surface area contributed by atoms with Crippen LogP contribution >= 0.6 is 0 Å². The molecule has 2 fully saturated rings. The summed E-state index contributed by atoms with van der Waals surface area (Å²) in [6, 6.07) is 0. The highest BCUT2D eigenvalue weighted by Crippen LogP contribution is 2.69. The van der Waals surface area contributed by atoms with Gasteiger partial charge in [-0.15, -0.1) is 0 Å². The number of carbonyl (C=O) groups is 1. The van der Waals surface area contributed by atoms with Gasteiger partial charge in [0.1, 0.15) is 5.57 Å². The number of aliphatic hydroxyl groups is 1. The molecule has 2 aliphatic rings. The maximum absolute atomic E-state index is 12.5. The Balaban J connectivity index is 2.23. The van der Waals surface area contributed by atoms with Crippen LogP contribution in [0.25, 0.3) is 0 Å². The molecule has 3 nitrogen and oxygen atoms in total. The van der Waals surface area contributed by atoms with Gasteiger partial charge in [-0.25, -0.2) is 4.79 Å². The van der Waals surface area contributed by atoms with Crippen LogP contribution in [0.15, 0.2) is 12.2 Å². The molecule has 1 N–H and O–H groups in total. The van der Waals surface area contributed by atoms with E-state index in [4.69, 9.17) is 4.74 Å². The fraction of sp³-hybridized carbons (Fsp3) is 0.786. The van der Waals surface area contributed by atoms with Gasteiger partial charge in [0.15, 0.2) is 0 Å². The molecule has 0 aliphatic heterocycles. The number of carbonyl (C=O) groups excluding carboxylic acids is 1. The molecular weight excluding hydrogens is 273 g/mol. The van der Waals surface area contributed by atoms with Crippen LogP contribution in [0.1, 0.15) is 40.0 Å². The molecular formula is C14H19F3O3. The van der Waals surface area contributed by atoms with E-state index in [1.54, 1.807) is 6.92 Å². The second-order valence-corrected chi connectivity index (χ2v) is 6.64. The molecule has 6 heteroatoms. The van der Waals surface area contributed by atoms with Crippen molar-refractivity contribution < 1.29 is 27.8 Å². The van der Waals surface area contributed by atoms with Gasteiger partial charge in [-0.3, -0.25) is 0 Å². The Morgan fingerprint density at radius 2 is 1.90 bits per heavy atom. The zero-order chi connectivity index (χ0) is 15.6.